The van der Waals surface area contributed by atoms with Crippen molar-refractivity contribution in [1.82, 2.24) is 4.90 Å². The quantitative estimate of drug-likeness (QED) is 0.527. The molecule has 5 heteroatoms. The van der Waals surface area contributed by atoms with E-state index in [1.54, 1.807) is 6.92 Å². The lowest BCUT2D eigenvalue weighted by Gasteiger charge is -2.03. The van der Waals surface area contributed by atoms with E-state index in [2.05, 4.69) is 10.2 Å². The first-order valence-electron chi connectivity index (χ1n) is 2.53. The van der Waals surface area contributed by atoms with Gasteiger partial charge in [-0.25, -0.2) is 14.5 Å². The van der Waals surface area contributed by atoms with Crippen LogP contribution >= 0.6 is 0 Å². The minimum Gasteiger partial charge on any atom is -0.244 e. The Kier molecular flexibility index (Phi) is 1.26. The molecule has 0 aliphatic carbocycles. The number of rotatable bonds is 1. The van der Waals surface area contributed by atoms with E-state index in [9.17, 15) is 9.59 Å². The van der Waals surface area contributed by atoms with Crippen molar-refractivity contribution in [2.45, 2.75) is 6.92 Å². The van der Waals surface area contributed by atoms with Gasteiger partial charge in [0, 0.05) is 6.54 Å². The Labute approximate surface area is 51.4 Å². The maximum Gasteiger partial charge on any atom is 0.370 e. The summed E-state index contributed by atoms with van der Waals surface area (Å²) in [6.45, 7) is 2.02. The summed E-state index contributed by atoms with van der Waals surface area (Å²) in [7, 11) is 0. The molecule has 1 aliphatic rings. The van der Waals surface area contributed by atoms with Gasteiger partial charge in [0.2, 0.25) is 0 Å². The van der Waals surface area contributed by atoms with Crippen LogP contribution in [0.15, 0.2) is 10.2 Å². The fraction of sp³-hybridized carbons (Fsp3) is 0.500. The van der Waals surface area contributed by atoms with Crippen LogP contribution in [0.25, 0.3) is 0 Å². The standard InChI is InChI=1S/C4H5N3O2/c1-2-7-3(8)5-6-4(7)9/h2H2,1H3. The van der Waals surface area contributed by atoms with Crippen LogP contribution in [-0.2, 0) is 0 Å². The summed E-state index contributed by atoms with van der Waals surface area (Å²) in [5.41, 5.74) is 0. The summed E-state index contributed by atoms with van der Waals surface area (Å²) in [5.74, 6) is 0. The highest BCUT2D eigenvalue weighted by atomic mass is 16.2. The monoisotopic (exact) mass is 127 g/mol. The molecule has 0 saturated carbocycles. The molecule has 48 valence electrons. The van der Waals surface area contributed by atoms with Crippen molar-refractivity contribution in [2.75, 3.05) is 6.54 Å². The summed E-state index contributed by atoms with van der Waals surface area (Å²) in [5, 5.41) is 6.06. The van der Waals surface area contributed by atoms with Crippen molar-refractivity contribution in [1.29, 1.82) is 0 Å². The second-order valence-electron chi connectivity index (χ2n) is 1.51. The molecule has 0 saturated heterocycles. The van der Waals surface area contributed by atoms with Crippen molar-refractivity contribution in [3.8, 4) is 0 Å². The molecule has 0 unspecified atom stereocenters. The normalized spacial score (nSPS) is 17.7. The van der Waals surface area contributed by atoms with Crippen molar-refractivity contribution in [3.05, 3.63) is 0 Å². The van der Waals surface area contributed by atoms with E-state index in [1.807, 2.05) is 0 Å². The number of carbonyl (C=O) groups excluding carboxylic acids is 2. The van der Waals surface area contributed by atoms with Crippen molar-refractivity contribution >= 4 is 12.1 Å². The summed E-state index contributed by atoms with van der Waals surface area (Å²) in [6, 6.07) is -1.13. The highest BCUT2D eigenvalue weighted by molar-refractivity contribution is 5.98. The van der Waals surface area contributed by atoms with Crippen LogP contribution in [0.1, 0.15) is 6.92 Å². The average Bonchev–Trinajstić information content (AvgIpc) is 2.12. The van der Waals surface area contributed by atoms with Crippen LogP contribution in [0.3, 0.4) is 0 Å². The van der Waals surface area contributed by atoms with Gasteiger partial charge in [-0.05, 0) is 6.92 Å². The lowest BCUT2D eigenvalue weighted by Crippen LogP contribution is -2.27. The molecule has 0 aromatic rings. The molecule has 0 bridgehead atoms. The summed E-state index contributed by atoms with van der Waals surface area (Å²) in [6.07, 6.45) is 0. The van der Waals surface area contributed by atoms with Crippen LogP contribution in [0.4, 0.5) is 9.59 Å². The van der Waals surface area contributed by atoms with Gasteiger partial charge in [0.05, 0.1) is 0 Å². The second-order valence-corrected chi connectivity index (χ2v) is 1.51. The highest BCUT2D eigenvalue weighted by Gasteiger charge is 2.24. The van der Waals surface area contributed by atoms with Gasteiger partial charge in [-0.3, -0.25) is 0 Å². The van der Waals surface area contributed by atoms with Gasteiger partial charge in [0.25, 0.3) is 0 Å². The fourth-order valence-corrected chi connectivity index (χ4v) is 0.546. The van der Waals surface area contributed by atoms with Crippen LogP contribution in [0.2, 0.25) is 0 Å². The van der Waals surface area contributed by atoms with Crippen molar-refractivity contribution in [3.63, 3.8) is 0 Å². The average molecular weight is 127 g/mol. The van der Waals surface area contributed by atoms with E-state index in [0.717, 1.165) is 4.90 Å². The highest BCUT2D eigenvalue weighted by Crippen LogP contribution is 2.04. The number of azo groups is 1. The second kappa shape index (κ2) is 1.93. The zero-order chi connectivity index (χ0) is 6.85. The Balaban J connectivity index is 2.75. The topological polar surface area (TPSA) is 62.1 Å². The van der Waals surface area contributed by atoms with Gasteiger partial charge >= 0.3 is 12.1 Å². The van der Waals surface area contributed by atoms with Crippen molar-refractivity contribution in [2.24, 2.45) is 10.2 Å². The first kappa shape index (κ1) is 5.87. The maximum atomic E-state index is 10.5. The van der Waals surface area contributed by atoms with E-state index in [4.69, 9.17) is 0 Å². The third-order valence-electron chi connectivity index (χ3n) is 0.999. The van der Waals surface area contributed by atoms with Crippen LogP contribution in [0, 0.1) is 0 Å². The van der Waals surface area contributed by atoms with Crippen LogP contribution in [-0.4, -0.2) is 23.5 Å². The number of nitrogens with zero attached hydrogens (tertiary/aromatic N) is 3. The molecule has 9 heavy (non-hydrogen) atoms. The summed E-state index contributed by atoms with van der Waals surface area (Å²) in [4.78, 5) is 21.9. The predicted molar refractivity (Wildman–Crippen MR) is 28.0 cm³/mol. The summed E-state index contributed by atoms with van der Waals surface area (Å²) < 4.78 is 0. The third-order valence-corrected chi connectivity index (χ3v) is 0.999. The molecular weight excluding hydrogens is 122 g/mol. The smallest absolute Gasteiger partial charge is 0.244 e. The molecule has 4 amide bonds. The molecule has 0 fully saturated rings. The van der Waals surface area contributed by atoms with Gasteiger partial charge in [0.1, 0.15) is 0 Å². The molecule has 0 aromatic heterocycles. The number of urea groups is 2. The van der Waals surface area contributed by atoms with Crippen LogP contribution < -0.4 is 0 Å². The van der Waals surface area contributed by atoms with E-state index in [1.165, 1.54) is 0 Å². The minimum atomic E-state index is -0.567. The van der Waals surface area contributed by atoms with Crippen LogP contribution in [0.5, 0.6) is 0 Å². The number of carbonyl (C=O) groups is 2. The number of imide groups is 1. The Morgan fingerprint density at radius 3 is 2.00 bits per heavy atom. The Bertz CT molecular complexity index is 168. The zero-order valence-corrected chi connectivity index (χ0v) is 4.87. The molecule has 0 radical (unpaired) electrons. The zero-order valence-electron chi connectivity index (χ0n) is 4.87. The minimum absolute atomic E-state index is 0.338. The van der Waals surface area contributed by atoms with E-state index < -0.39 is 12.1 Å². The molecule has 1 rings (SSSR count). The van der Waals surface area contributed by atoms with Gasteiger partial charge in [-0.2, -0.15) is 0 Å². The van der Waals surface area contributed by atoms with E-state index >= 15 is 0 Å². The maximum absolute atomic E-state index is 10.5. The van der Waals surface area contributed by atoms with E-state index in [0.29, 0.717) is 6.54 Å². The predicted octanol–water partition coefficient (Wildman–Crippen LogP) is 1.01. The van der Waals surface area contributed by atoms with Gasteiger partial charge < -0.3 is 0 Å². The number of hydrogen-bond donors (Lipinski definition) is 0. The third kappa shape index (κ3) is 0.802. The first-order valence-corrected chi connectivity index (χ1v) is 2.53. The lowest BCUT2D eigenvalue weighted by molar-refractivity contribution is 0.208. The molecule has 5 nitrogen and oxygen atoms in total. The Morgan fingerprint density at radius 1 is 1.33 bits per heavy atom. The van der Waals surface area contributed by atoms with Gasteiger partial charge in [0.15, 0.2) is 0 Å². The molecule has 0 N–H and O–H groups in total. The Morgan fingerprint density at radius 2 is 1.78 bits per heavy atom. The number of hydrogen-bond acceptors (Lipinski definition) is 2. The van der Waals surface area contributed by atoms with Gasteiger partial charge in [-0.1, -0.05) is 10.2 Å². The SMILES string of the molecule is CCN1C(=O)N=NC1=O. The Hall–Kier alpha value is -1.26. The first-order chi connectivity index (χ1) is 4.25. The molecule has 0 aromatic carbocycles. The molecular formula is C4H5N3O2. The molecule has 0 spiro atoms. The molecule has 1 heterocycles. The largest absolute Gasteiger partial charge is 0.370 e. The van der Waals surface area contributed by atoms with Crippen molar-refractivity contribution < 1.29 is 9.59 Å². The van der Waals surface area contributed by atoms with E-state index in [-0.39, 0.29) is 0 Å². The molecule has 1 aliphatic heterocycles. The summed E-state index contributed by atoms with van der Waals surface area (Å²) >= 11 is 0. The molecule has 0 atom stereocenters. The number of amides is 4. The van der Waals surface area contributed by atoms with Gasteiger partial charge in [-0.15, -0.1) is 0 Å². The fourth-order valence-electron chi connectivity index (χ4n) is 0.546. The lowest BCUT2D eigenvalue weighted by atomic mass is 10.6.